The van der Waals surface area contributed by atoms with Crippen LogP contribution in [0, 0.1) is 27.7 Å². The number of hydrogen-bond donors (Lipinski definition) is 0. The van der Waals surface area contributed by atoms with E-state index in [-0.39, 0.29) is 5.91 Å². The normalized spacial score (nSPS) is 12.8. The van der Waals surface area contributed by atoms with Crippen LogP contribution in [0.5, 0.6) is 0 Å². The Hall–Kier alpha value is -3.62. The summed E-state index contributed by atoms with van der Waals surface area (Å²) in [5.41, 5.74) is 8.47. The van der Waals surface area contributed by atoms with Crippen LogP contribution >= 0.6 is 22.7 Å². The molecule has 8 heteroatoms. The summed E-state index contributed by atoms with van der Waals surface area (Å²) < 4.78 is 7.05. The first-order valence-electron chi connectivity index (χ1n) is 10.9. The first-order chi connectivity index (χ1) is 16.4. The van der Waals surface area contributed by atoms with Gasteiger partial charge in [-0.15, -0.1) is 22.7 Å². The standard InChI is InChI=1S/C26H18N4O2S2/c1-11-9-17(33-13(11)3)19-21-22(29-32-28-21)20(18-10-12(2)14(4)34-18)24-23(19)27-25-15-7-5-6-8-16(15)26(31)30(24)25/h5-10H,1-4H3. The average Bonchev–Trinajstić information content (AvgIpc) is 3.61. The van der Waals surface area contributed by atoms with Gasteiger partial charge >= 0.3 is 0 Å². The van der Waals surface area contributed by atoms with Gasteiger partial charge in [0.05, 0.1) is 16.6 Å². The molecule has 0 atom stereocenters. The highest BCUT2D eigenvalue weighted by Gasteiger charge is 2.35. The molecule has 2 aromatic carbocycles. The van der Waals surface area contributed by atoms with E-state index in [0.717, 1.165) is 37.5 Å². The van der Waals surface area contributed by atoms with Crippen molar-refractivity contribution in [3.8, 4) is 32.3 Å². The number of carbonyl (C=O) groups is 1. The van der Waals surface area contributed by atoms with E-state index in [4.69, 9.17) is 9.61 Å². The summed E-state index contributed by atoms with van der Waals surface area (Å²) in [4.78, 5) is 23.3. The first-order valence-corrected chi connectivity index (χ1v) is 12.6. The van der Waals surface area contributed by atoms with Gasteiger partial charge in [0.1, 0.15) is 22.4 Å². The smallest absolute Gasteiger partial charge is 0.264 e. The van der Waals surface area contributed by atoms with Crippen LogP contribution < -0.4 is 0 Å². The quantitative estimate of drug-likeness (QED) is 0.267. The molecule has 34 heavy (non-hydrogen) atoms. The van der Waals surface area contributed by atoms with Gasteiger partial charge in [0, 0.05) is 30.6 Å². The maximum Gasteiger partial charge on any atom is 0.264 e. The van der Waals surface area contributed by atoms with Crippen molar-refractivity contribution in [2.45, 2.75) is 27.7 Å². The molecule has 0 amide bonds. The molecule has 166 valence electrons. The van der Waals surface area contributed by atoms with Crippen LogP contribution in [-0.4, -0.2) is 25.8 Å². The van der Waals surface area contributed by atoms with Crippen molar-refractivity contribution >= 4 is 50.6 Å². The van der Waals surface area contributed by atoms with Crippen LogP contribution in [0.2, 0.25) is 0 Å². The fourth-order valence-electron chi connectivity index (χ4n) is 4.79. The van der Waals surface area contributed by atoms with Crippen molar-refractivity contribution in [1.82, 2.24) is 19.9 Å². The average molecular weight is 483 g/mol. The minimum Gasteiger partial charge on any atom is -0.268 e. The van der Waals surface area contributed by atoms with E-state index in [1.807, 2.05) is 24.3 Å². The number of benzene rings is 2. The van der Waals surface area contributed by atoms with Crippen molar-refractivity contribution in [1.29, 1.82) is 0 Å². The number of fused-ring (bicyclic) bond motifs is 6. The summed E-state index contributed by atoms with van der Waals surface area (Å²) >= 11 is 3.38. The van der Waals surface area contributed by atoms with E-state index in [0.29, 0.717) is 22.4 Å². The fraction of sp³-hybridized carbons (Fsp3) is 0.154. The molecule has 0 saturated heterocycles. The third-order valence-corrected chi connectivity index (χ3v) is 9.08. The predicted octanol–water partition coefficient (Wildman–Crippen LogP) is 6.93. The number of aromatic nitrogens is 4. The monoisotopic (exact) mass is 482 g/mol. The molecule has 1 aliphatic heterocycles. The lowest BCUT2D eigenvalue weighted by molar-refractivity contribution is 0.0973. The molecule has 1 aliphatic rings. The number of imidazole rings is 1. The third-order valence-electron chi connectivity index (χ3n) is 6.74. The van der Waals surface area contributed by atoms with E-state index >= 15 is 0 Å². The number of carbonyl (C=O) groups excluding carboxylic acids is 1. The zero-order valence-corrected chi connectivity index (χ0v) is 20.5. The molecule has 6 aromatic rings. The van der Waals surface area contributed by atoms with Crippen LogP contribution in [0.3, 0.4) is 0 Å². The Morgan fingerprint density at radius 2 is 1.38 bits per heavy atom. The highest BCUT2D eigenvalue weighted by atomic mass is 32.1. The molecule has 0 N–H and O–H groups in total. The van der Waals surface area contributed by atoms with Gasteiger partial charge in [-0.1, -0.05) is 18.2 Å². The van der Waals surface area contributed by atoms with Crippen LogP contribution in [0.1, 0.15) is 31.2 Å². The minimum absolute atomic E-state index is 0.0698. The maximum atomic E-state index is 13.7. The van der Waals surface area contributed by atoms with E-state index in [2.05, 4.69) is 50.1 Å². The lowest BCUT2D eigenvalue weighted by Gasteiger charge is -2.08. The van der Waals surface area contributed by atoms with Gasteiger partial charge in [0.25, 0.3) is 5.91 Å². The van der Waals surface area contributed by atoms with Gasteiger partial charge < -0.3 is 0 Å². The Balaban J connectivity index is 1.71. The van der Waals surface area contributed by atoms with Crippen molar-refractivity contribution in [2.75, 3.05) is 0 Å². The molecule has 0 saturated carbocycles. The largest absolute Gasteiger partial charge is 0.268 e. The van der Waals surface area contributed by atoms with Gasteiger partial charge in [-0.3, -0.25) is 9.36 Å². The van der Waals surface area contributed by atoms with Crippen LogP contribution in [0.25, 0.3) is 54.3 Å². The molecule has 0 spiro atoms. The van der Waals surface area contributed by atoms with Crippen LogP contribution in [-0.2, 0) is 0 Å². The highest BCUT2D eigenvalue weighted by Crippen LogP contribution is 2.48. The van der Waals surface area contributed by atoms with Gasteiger partial charge in [-0.05, 0) is 67.3 Å². The molecule has 7 rings (SSSR count). The fourth-order valence-corrected chi connectivity index (χ4v) is 6.95. The SMILES string of the molecule is Cc1cc(-c2c3nonc3c(-c3cc(C)c(C)s3)c3c2nc2n3C(=O)c3ccccc3-2)sc1C. The Labute approximate surface area is 202 Å². The molecule has 0 radical (unpaired) electrons. The molecule has 6 nitrogen and oxygen atoms in total. The molecule has 0 bridgehead atoms. The van der Waals surface area contributed by atoms with E-state index < -0.39 is 0 Å². The maximum absolute atomic E-state index is 13.7. The van der Waals surface area contributed by atoms with Gasteiger partial charge in [-0.25, -0.2) is 9.61 Å². The molecule has 0 unspecified atom stereocenters. The molecule has 0 aliphatic carbocycles. The lowest BCUT2D eigenvalue weighted by atomic mass is 10.0. The summed E-state index contributed by atoms with van der Waals surface area (Å²) in [6, 6.07) is 12.0. The Bertz CT molecular complexity index is 1790. The third kappa shape index (κ3) is 2.44. The van der Waals surface area contributed by atoms with Gasteiger partial charge in [0.15, 0.2) is 0 Å². The molecule has 5 heterocycles. The predicted molar refractivity (Wildman–Crippen MR) is 136 cm³/mol. The van der Waals surface area contributed by atoms with Crippen molar-refractivity contribution in [3.05, 3.63) is 62.8 Å². The zero-order valence-electron chi connectivity index (χ0n) is 18.9. The Kier molecular flexibility index (Phi) is 3.91. The van der Waals surface area contributed by atoms with Gasteiger partial charge in [0.2, 0.25) is 0 Å². The number of thiophene rings is 2. The number of nitrogens with zero attached hydrogens (tertiary/aromatic N) is 4. The molecular formula is C26H18N4O2S2. The molecular weight excluding hydrogens is 464 g/mol. The number of aryl methyl sites for hydroxylation is 4. The topological polar surface area (TPSA) is 73.8 Å². The number of hydrogen-bond acceptors (Lipinski definition) is 7. The second kappa shape index (κ2) is 6.71. The summed E-state index contributed by atoms with van der Waals surface area (Å²) in [5.74, 6) is 0.595. The second-order valence-corrected chi connectivity index (χ2v) is 11.2. The Morgan fingerprint density at radius 1 is 0.794 bits per heavy atom. The van der Waals surface area contributed by atoms with E-state index in [9.17, 15) is 4.79 Å². The Morgan fingerprint density at radius 3 is 2.00 bits per heavy atom. The molecule has 0 fully saturated rings. The van der Waals surface area contributed by atoms with Crippen molar-refractivity contribution < 1.29 is 9.42 Å². The lowest BCUT2D eigenvalue weighted by Crippen LogP contribution is -2.06. The van der Waals surface area contributed by atoms with Crippen molar-refractivity contribution in [3.63, 3.8) is 0 Å². The summed E-state index contributed by atoms with van der Waals surface area (Å²) in [6.07, 6.45) is 0. The summed E-state index contributed by atoms with van der Waals surface area (Å²) in [5, 5.41) is 8.69. The van der Waals surface area contributed by atoms with Gasteiger partial charge in [-0.2, -0.15) is 0 Å². The van der Waals surface area contributed by atoms with Crippen molar-refractivity contribution in [2.24, 2.45) is 0 Å². The van der Waals surface area contributed by atoms with Crippen LogP contribution in [0.15, 0.2) is 41.0 Å². The first kappa shape index (κ1) is 19.8. The minimum atomic E-state index is -0.0698. The summed E-state index contributed by atoms with van der Waals surface area (Å²) in [6.45, 7) is 8.41. The number of rotatable bonds is 2. The van der Waals surface area contributed by atoms with Crippen LogP contribution in [0.4, 0.5) is 0 Å². The summed E-state index contributed by atoms with van der Waals surface area (Å²) in [7, 11) is 0. The van der Waals surface area contributed by atoms with E-state index in [1.165, 1.54) is 20.9 Å². The van der Waals surface area contributed by atoms with E-state index in [1.54, 1.807) is 27.2 Å². The zero-order chi connectivity index (χ0) is 23.3. The highest BCUT2D eigenvalue weighted by molar-refractivity contribution is 7.16. The second-order valence-electron chi connectivity index (χ2n) is 8.73. The molecule has 4 aromatic heterocycles.